The number of hydrogen-bond donors (Lipinski definition) is 1. The second-order valence-corrected chi connectivity index (χ2v) is 6.05. The van der Waals surface area contributed by atoms with Crippen LogP contribution in [0.25, 0.3) is 0 Å². The summed E-state index contributed by atoms with van der Waals surface area (Å²) < 4.78 is 0. The minimum Gasteiger partial charge on any atom is -0.320 e. The quantitative estimate of drug-likeness (QED) is 0.538. The molecule has 0 radical (unpaired) electrons. The SMILES string of the molecule is CNCCC(C)CCc1c(Cl)cc(Cl)c(Cl)c1Cl. The van der Waals surface area contributed by atoms with Gasteiger partial charge in [0.2, 0.25) is 0 Å². The van der Waals surface area contributed by atoms with Crippen LogP contribution in [0.5, 0.6) is 0 Å². The van der Waals surface area contributed by atoms with E-state index in [1.807, 2.05) is 7.05 Å². The van der Waals surface area contributed by atoms with Crippen molar-refractivity contribution in [3.8, 4) is 0 Å². The van der Waals surface area contributed by atoms with Crippen molar-refractivity contribution < 1.29 is 0 Å². The van der Waals surface area contributed by atoms with Gasteiger partial charge in [0.25, 0.3) is 0 Å². The van der Waals surface area contributed by atoms with Gasteiger partial charge in [0.15, 0.2) is 0 Å². The molecule has 0 saturated carbocycles. The minimum atomic E-state index is 0.389. The highest BCUT2D eigenvalue weighted by atomic mass is 35.5. The Hall–Kier alpha value is 0.340. The van der Waals surface area contributed by atoms with Gasteiger partial charge < -0.3 is 5.32 Å². The first-order valence-corrected chi connectivity index (χ1v) is 7.45. The molecule has 1 aromatic rings. The fourth-order valence-electron chi connectivity index (χ4n) is 1.76. The molecular formula is C13H17Cl4N. The normalized spacial score (nSPS) is 12.8. The second kappa shape index (κ2) is 7.81. The van der Waals surface area contributed by atoms with Gasteiger partial charge >= 0.3 is 0 Å². The zero-order valence-electron chi connectivity index (χ0n) is 10.5. The summed E-state index contributed by atoms with van der Waals surface area (Å²) in [4.78, 5) is 0. The molecule has 0 spiro atoms. The highest BCUT2D eigenvalue weighted by Gasteiger charge is 2.14. The summed E-state index contributed by atoms with van der Waals surface area (Å²) in [5.41, 5.74) is 0.893. The molecule has 18 heavy (non-hydrogen) atoms. The zero-order valence-corrected chi connectivity index (χ0v) is 13.5. The molecule has 0 aliphatic rings. The van der Waals surface area contributed by atoms with Crippen LogP contribution in [0.2, 0.25) is 20.1 Å². The Labute approximate surface area is 129 Å². The summed E-state index contributed by atoms with van der Waals surface area (Å²) in [5, 5.41) is 5.01. The first-order valence-electron chi connectivity index (χ1n) is 5.93. The molecule has 0 bridgehead atoms. The van der Waals surface area contributed by atoms with Crippen molar-refractivity contribution >= 4 is 46.4 Å². The molecule has 1 aromatic carbocycles. The molecule has 0 fully saturated rings. The molecule has 0 saturated heterocycles. The molecule has 0 aliphatic heterocycles. The van der Waals surface area contributed by atoms with E-state index in [0.717, 1.165) is 31.4 Å². The summed E-state index contributed by atoms with van der Waals surface area (Å²) in [6.07, 6.45) is 2.98. The lowest BCUT2D eigenvalue weighted by atomic mass is 9.98. The lowest BCUT2D eigenvalue weighted by Gasteiger charge is -2.14. The summed E-state index contributed by atoms with van der Waals surface area (Å²) in [7, 11) is 1.96. The lowest BCUT2D eigenvalue weighted by Crippen LogP contribution is -2.12. The third-order valence-electron chi connectivity index (χ3n) is 2.98. The molecule has 1 nitrogen and oxygen atoms in total. The number of rotatable bonds is 6. The number of halogens is 4. The fourth-order valence-corrected chi connectivity index (χ4v) is 2.88. The molecule has 0 heterocycles. The summed E-state index contributed by atoms with van der Waals surface area (Å²) in [6.45, 7) is 3.24. The van der Waals surface area contributed by atoms with Gasteiger partial charge in [-0.1, -0.05) is 53.3 Å². The van der Waals surface area contributed by atoms with E-state index in [-0.39, 0.29) is 0 Å². The van der Waals surface area contributed by atoms with Gasteiger partial charge in [-0.15, -0.1) is 0 Å². The van der Waals surface area contributed by atoms with Crippen molar-refractivity contribution in [2.45, 2.75) is 26.2 Å². The molecular weight excluding hydrogens is 312 g/mol. The van der Waals surface area contributed by atoms with Crippen LogP contribution >= 0.6 is 46.4 Å². The van der Waals surface area contributed by atoms with Crippen LogP contribution in [0.15, 0.2) is 6.07 Å². The molecule has 1 N–H and O–H groups in total. The van der Waals surface area contributed by atoms with Crippen molar-refractivity contribution in [2.75, 3.05) is 13.6 Å². The van der Waals surface area contributed by atoms with Crippen LogP contribution < -0.4 is 5.32 Å². The minimum absolute atomic E-state index is 0.389. The van der Waals surface area contributed by atoms with E-state index in [9.17, 15) is 0 Å². The van der Waals surface area contributed by atoms with Gasteiger partial charge in [0.1, 0.15) is 0 Å². The summed E-state index contributed by atoms with van der Waals surface area (Å²) in [5.74, 6) is 0.610. The molecule has 0 amide bonds. The molecule has 0 aliphatic carbocycles. The molecule has 1 atom stereocenters. The van der Waals surface area contributed by atoms with E-state index >= 15 is 0 Å². The number of benzene rings is 1. The molecule has 102 valence electrons. The van der Waals surface area contributed by atoms with E-state index in [4.69, 9.17) is 46.4 Å². The predicted octanol–water partition coefficient (Wildman–Crippen LogP) is 5.48. The van der Waals surface area contributed by atoms with E-state index in [1.54, 1.807) is 6.07 Å². The van der Waals surface area contributed by atoms with Gasteiger partial charge in [0.05, 0.1) is 15.1 Å². The maximum atomic E-state index is 6.18. The summed E-state index contributed by atoms with van der Waals surface area (Å²) >= 11 is 24.3. The molecule has 0 aromatic heterocycles. The van der Waals surface area contributed by atoms with Crippen molar-refractivity contribution in [3.05, 3.63) is 31.7 Å². The van der Waals surface area contributed by atoms with Crippen LogP contribution in [0.4, 0.5) is 0 Å². The van der Waals surface area contributed by atoms with E-state index < -0.39 is 0 Å². The third kappa shape index (κ3) is 4.47. The van der Waals surface area contributed by atoms with Crippen LogP contribution in [-0.2, 0) is 6.42 Å². The maximum absolute atomic E-state index is 6.18. The largest absolute Gasteiger partial charge is 0.320 e. The smallest absolute Gasteiger partial charge is 0.0782 e. The standard InChI is InChI=1S/C13H17Cl4N/c1-8(5-6-18-2)3-4-9-10(14)7-11(15)13(17)12(9)16/h7-8,18H,3-6H2,1-2H3. The monoisotopic (exact) mass is 327 g/mol. The Morgan fingerprint density at radius 3 is 2.33 bits per heavy atom. The lowest BCUT2D eigenvalue weighted by molar-refractivity contribution is 0.482. The predicted molar refractivity (Wildman–Crippen MR) is 82.5 cm³/mol. The average molecular weight is 329 g/mol. The van der Waals surface area contributed by atoms with Crippen LogP contribution in [0.1, 0.15) is 25.3 Å². The first kappa shape index (κ1) is 16.4. The Morgan fingerprint density at radius 2 is 1.72 bits per heavy atom. The fraction of sp³-hybridized carbons (Fsp3) is 0.538. The van der Waals surface area contributed by atoms with Crippen molar-refractivity contribution in [1.82, 2.24) is 5.32 Å². The third-order valence-corrected chi connectivity index (χ3v) is 4.62. The van der Waals surface area contributed by atoms with Gasteiger partial charge in [-0.25, -0.2) is 0 Å². The Morgan fingerprint density at radius 1 is 1.06 bits per heavy atom. The number of hydrogen-bond acceptors (Lipinski definition) is 1. The Balaban J connectivity index is 2.70. The average Bonchev–Trinajstić information content (AvgIpc) is 2.33. The highest BCUT2D eigenvalue weighted by Crippen LogP contribution is 2.38. The molecule has 1 unspecified atom stereocenters. The molecule has 1 rings (SSSR count). The molecule has 5 heteroatoms. The van der Waals surface area contributed by atoms with E-state index in [1.165, 1.54) is 0 Å². The van der Waals surface area contributed by atoms with Crippen LogP contribution in [-0.4, -0.2) is 13.6 Å². The van der Waals surface area contributed by atoms with Crippen LogP contribution in [0.3, 0.4) is 0 Å². The van der Waals surface area contributed by atoms with Crippen molar-refractivity contribution in [1.29, 1.82) is 0 Å². The first-order chi connectivity index (χ1) is 8.47. The number of nitrogens with one attached hydrogen (secondary N) is 1. The maximum Gasteiger partial charge on any atom is 0.0782 e. The zero-order chi connectivity index (χ0) is 13.7. The van der Waals surface area contributed by atoms with Crippen molar-refractivity contribution in [2.24, 2.45) is 5.92 Å². The van der Waals surface area contributed by atoms with Crippen molar-refractivity contribution in [3.63, 3.8) is 0 Å². The second-order valence-electron chi connectivity index (χ2n) is 4.48. The topological polar surface area (TPSA) is 12.0 Å². The van der Waals surface area contributed by atoms with Gasteiger partial charge in [-0.2, -0.15) is 0 Å². The Kier molecular flexibility index (Phi) is 7.12. The van der Waals surface area contributed by atoms with Crippen LogP contribution in [0, 0.1) is 5.92 Å². The highest BCUT2D eigenvalue weighted by molar-refractivity contribution is 6.49. The van der Waals surface area contributed by atoms with Gasteiger partial charge in [-0.05, 0) is 50.4 Å². The summed E-state index contributed by atoms with van der Waals surface area (Å²) in [6, 6.07) is 1.66. The van der Waals surface area contributed by atoms with E-state index in [2.05, 4.69) is 12.2 Å². The van der Waals surface area contributed by atoms with E-state index in [0.29, 0.717) is 26.0 Å². The van der Waals surface area contributed by atoms with Gasteiger partial charge in [0, 0.05) is 5.02 Å². The van der Waals surface area contributed by atoms with Gasteiger partial charge in [-0.3, -0.25) is 0 Å². The Bertz CT molecular complexity index is 406.